The van der Waals surface area contributed by atoms with E-state index in [1.54, 1.807) is 13.8 Å². The number of carboxylic acids is 1. The van der Waals surface area contributed by atoms with Crippen LogP contribution in [0.5, 0.6) is 0 Å². The Bertz CT molecular complexity index is 308. The van der Waals surface area contributed by atoms with Gasteiger partial charge in [-0.1, -0.05) is 13.8 Å². The van der Waals surface area contributed by atoms with Crippen LogP contribution in [-0.2, 0) is 9.53 Å². The van der Waals surface area contributed by atoms with Gasteiger partial charge in [-0.3, -0.25) is 0 Å². The molecule has 3 N–H and O–H groups in total. The highest BCUT2D eigenvalue weighted by Gasteiger charge is 2.30. The first-order chi connectivity index (χ1) is 8.47. The van der Waals surface area contributed by atoms with Crippen LogP contribution in [0.1, 0.15) is 13.8 Å². The number of aliphatic carboxylic acids is 1. The van der Waals surface area contributed by atoms with Gasteiger partial charge in [0.25, 0.3) is 0 Å². The first kappa shape index (κ1) is 14.7. The fourth-order valence-electron chi connectivity index (χ4n) is 1.80. The molecule has 1 aliphatic heterocycles. The molecule has 0 radical (unpaired) electrons. The lowest BCUT2D eigenvalue weighted by molar-refractivity contribution is -0.140. The predicted molar refractivity (Wildman–Crippen MR) is 63.2 cm³/mol. The Balaban J connectivity index is 2.64. The van der Waals surface area contributed by atoms with Gasteiger partial charge in [-0.05, 0) is 5.92 Å². The number of carboxylic acid groups (broad SMARTS) is 1. The highest BCUT2D eigenvalue weighted by molar-refractivity contribution is 5.83. The van der Waals surface area contributed by atoms with Crippen molar-refractivity contribution in [3.63, 3.8) is 0 Å². The van der Waals surface area contributed by atoms with E-state index < -0.39 is 24.1 Å². The molecule has 1 rings (SSSR count). The summed E-state index contributed by atoms with van der Waals surface area (Å²) in [7, 11) is 0. The fraction of sp³-hybridized carbons (Fsp3) is 0.818. The molecule has 2 atom stereocenters. The van der Waals surface area contributed by atoms with E-state index in [1.807, 2.05) is 0 Å². The average molecular weight is 260 g/mol. The molecule has 1 saturated heterocycles. The van der Waals surface area contributed by atoms with Crippen LogP contribution in [0.2, 0.25) is 0 Å². The highest BCUT2D eigenvalue weighted by Crippen LogP contribution is 2.09. The van der Waals surface area contributed by atoms with Crippen LogP contribution in [0.15, 0.2) is 0 Å². The minimum atomic E-state index is -1.06. The summed E-state index contributed by atoms with van der Waals surface area (Å²) >= 11 is 0. The fourth-order valence-corrected chi connectivity index (χ4v) is 1.80. The van der Waals surface area contributed by atoms with E-state index in [2.05, 4.69) is 5.32 Å². The van der Waals surface area contributed by atoms with Gasteiger partial charge < -0.3 is 25.2 Å². The van der Waals surface area contributed by atoms with Crippen LogP contribution < -0.4 is 5.32 Å². The second-order valence-electron chi connectivity index (χ2n) is 4.61. The smallest absolute Gasteiger partial charge is 0.326 e. The quantitative estimate of drug-likeness (QED) is 0.633. The third-order valence-electron chi connectivity index (χ3n) is 2.91. The van der Waals surface area contributed by atoms with Crippen molar-refractivity contribution >= 4 is 12.0 Å². The summed E-state index contributed by atoms with van der Waals surface area (Å²) in [5.41, 5.74) is 0. The molecule has 104 valence electrons. The molecule has 0 aromatic rings. The van der Waals surface area contributed by atoms with Crippen molar-refractivity contribution in [1.29, 1.82) is 0 Å². The summed E-state index contributed by atoms with van der Waals surface area (Å²) < 4.78 is 5.16. The minimum Gasteiger partial charge on any atom is -0.480 e. The summed E-state index contributed by atoms with van der Waals surface area (Å²) in [6.07, 6.45) is 0. The number of rotatable bonds is 4. The van der Waals surface area contributed by atoms with E-state index in [-0.39, 0.29) is 19.1 Å². The van der Waals surface area contributed by atoms with Crippen molar-refractivity contribution in [2.45, 2.75) is 25.9 Å². The molecule has 2 amide bonds. The largest absolute Gasteiger partial charge is 0.480 e. The lowest BCUT2D eigenvalue weighted by Crippen LogP contribution is -2.57. The lowest BCUT2D eigenvalue weighted by Gasteiger charge is -2.35. The van der Waals surface area contributed by atoms with Crippen molar-refractivity contribution in [1.82, 2.24) is 10.2 Å². The maximum atomic E-state index is 12.0. The summed E-state index contributed by atoms with van der Waals surface area (Å²) in [4.78, 5) is 24.4. The molecule has 2 unspecified atom stereocenters. The van der Waals surface area contributed by atoms with Crippen LogP contribution in [0.4, 0.5) is 4.79 Å². The maximum Gasteiger partial charge on any atom is 0.326 e. The van der Waals surface area contributed by atoms with E-state index in [1.165, 1.54) is 4.90 Å². The first-order valence-electron chi connectivity index (χ1n) is 5.96. The van der Waals surface area contributed by atoms with E-state index in [0.717, 1.165) is 0 Å². The Morgan fingerprint density at radius 1 is 1.50 bits per heavy atom. The molecule has 1 fully saturated rings. The zero-order chi connectivity index (χ0) is 13.7. The molecule has 0 aromatic heterocycles. The van der Waals surface area contributed by atoms with E-state index >= 15 is 0 Å². The van der Waals surface area contributed by atoms with Gasteiger partial charge in [-0.25, -0.2) is 9.59 Å². The average Bonchev–Trinajstić information content (AvgIpc) is 2.34. The summed E-state index contributed by atoms with van der Waals surface area (Å²) in [6, 6.07) is -1.82. The van der Waals surface area contributed by atoms with Gasteiger partial charge in [-0.2, -0.15) is 0 Å². The number of morpholine rings is 1. The van der Waals surface area contributed by atoms with Crippen LogP contribution in [0, 0.1) is 5.92 Å². The number of hydrogen-bond donors (Lipinski definition) is 3. The van der Waals surface area contributed by atoms with Gasteiger partial charge >= 0.3 is 12.0 Å². The van der Waals surface area contributed by atoms with E-state index in [4.69, 9.17) is 14.9 Å². The van der Waals surface area contributed by atoms with Crippen molar-refractivity contribution in [3.8, 4) is 0 Å². The molecule has 7 nitrogen and oxygen atoms in total. The number of carbonyl (C=O) groups is 2. The standard InChI is InChI=1S/C11H20N2O5/c1-7(2)9(10(15)16)12-11(17)13-3-4-18-6-8(13)5-14/h7-9,14H,3-6H2,1-2H3,(H,12,17)(H,15,16). The van der Waals surface area contributed by atoms with Crippen LogP contribution in [-0.4, -0.2) is 65.6 Å². The van der Waals surface area contributed by atoms with Crippen LogP contribution in [0.3, 0.4) is 0 Å². The molecule has 1 aliphatic rings. The summed E-state index contributed by atoms with van der Waals surface area (Å²) in [5, 5.41) is 20.6. The molecule has 1 heterocycles. The van der Waals surface area contributed by atoms with Gasteiger partial charge in [0.15, 0.2) is 0 Å². The topological polar surface area (TPSA) is 99.1 Å². The lowest BCUT2D eigenvalue weighted by atomic mass is 10.1. The molecule has 7 heteroatoms. The SMILES string of the molecule is CC(C)C(NC(=O)N1CCOCC1CO)C(=O)O. The summed E-state index contributed by atoms with van der Waals surface area (Å²) in [5.74, 6) is -1.27. The zero-order valence-electron chi connectivity index (χ0n) is 10.6. The van der Waals surface area contributed by atoms with Crippen molar-refractivity contribution < 1.29 is 24.5 Å². The monoisotopic (exact) mass is 260 g/mol. The van der Waals surface area contributed by atoms with Crippen molar-refractivity contribution in [3.05, 3.63) is 0 Å². The number of urea groups is 1. The van der Waals surface area contributed by atoms with Crippen molar-refractivity contribution in [2.24, 2.45) is 5.92 Å². The summed E-state index contributed by atoms with van der Waals surface area (Å²) in [6.45, 7) is 4.25. The molecular weight excluding hydrogens is 240 g/mol. The van der Waals surface area contributed by atoms with Gasteiger partial charge in [-0.15, -0.1) is 0 Å². The number of aliphatic hydroxyl groups excluding tert-OH is 1. The normalized spacial score (nSPS) is 21.8. The molecule has 0 saturated carbocycles. The minimum absolute atomic E-state index is 0.202. The van der Waals surface area contributed by atoms with E-state index in [0.29, 0.717) is 13.2 Å². The van der Waals surface area contributed by atoms with Gasteiger partial charge in [0.05, 0.1) is 25.9 Å². The van der Waals surface area contributed by atoms with Gasteiger partial charge in [0.1, 0.15) is 6.04 Å². The first-order valence-corrected chi connectivity index (χ1v) is 5.96. The van der Waals surface area contributed by atoms with Crippen LogP contribution >= 0.6 is 0 Å². The molecule has 0 bridgehead atoms. The molecule has 18 heavy (non-hydrogen) atoms. The number of amides is 2. The number of hydrogen-bond acceptors (Lipinski definition) is 4. The van der Waals surface area contributed by atoms with Crippen LogP contribution in [0.25, 0.3) is 0 Å². The third-order valence-corrected chi connectivity index (χ3v) is 2.91. The Morgan fingerprint density at radius 3 is 2.67 bits per heavy atom. The van der Waals surface area contributed by atoms with E-state index in [9.17, 15) is 9.59 Å². The van der Waals surface area contributed by atoms with Crippen molar-refractivity contribution in [2.75, 3.05) is 26.4 Å². The highest BCUT2D eigenvalue weighted by atomic mass is 16.5. The van der Waals surface area contributed by atoms with Gasteiger partial charge in [0, 0.05) is 6.54 Å². The number of carbonyl (C=O) groups excluding carboxylic acids is 1. The molecular formula is C11H20N2O5. The maximum absolute atomic E-state index is 12.0. The Labute approximate surface area is 106 Å². The predicted octanol–water partition coefficient (Wildman–Crippen LogP) is -0.502. The number of aliphatic hydroxyl groups is 1. The number of nitrogens with one attached hydrogen (secondary N) is 1. The third kappa shape index (κ3) is 3.58. The number of nitrogens with zero attached hydrogens (tertiary/aromatic N) is 1. The second-order valence-corrected chi connectivity index (χ2v) is 4.61. The Kier molecular flexibility index (Phi) is 5.36. The molecule has 0 aromatic carbocycles. The number of ether oxygens (including phenoxy) is 1. The van der Waals surface area contributed by atoms with Gasteiger partial charge in [0.2, 0.25) is 0 Å². The Morgan fingerprint density at radius 2 is 2.17 bits per heavy atom. The molecule has 0 aliphatic carbocycles. The second kappa shape index (κ2) is 6.55. The zero-order valence-corrected chi connectivity index (χ0v) is 10.6. The Hall–Kier alpha value is -1.34. The molecule has 0 spiro atoms.